The van der Waals surface area contributed by atoms with E-state index < -0.39 is 17.5 Å². The molecule has 0 radical (unpaired) electrons. The summed E-state index contributed by atoms with van der Waals surface area (Å²) in [4.78, 5) is 11.9. The molecule has 3 rings (SSSR count). The molecule has 0 aliphatic heterocycles. The van der Waals surface area contributed by atoms with Crippen molar-refractivity contribution in [3.63, 3.8) is 0 Å². The lowest BCUT2D eigenvalue weighted by molar-refractivity contribution is -0.113. The van der Waals surface area contributed by atoms with Crippen LogP contribution in [0.4, 0.5) is 18.9 Å². The quantitative estimate of drug-likeness (QED) is 0.676. The number of rotatable bonds is 5. The molecule has 1 heterocycles. The predicted molar refractivity (Wildman–Crippen MR) is 93.1 cm³/mol. The number of thioether (sulfide) groups is 1. The van der Waals surface area contributed by atoms with Gasteiger partial charge in [0.1, 0.15) is 22.5 Å². The van der Waals surface area contributed by atoms with Crippen LogP contribution in [-0.2, 0) is 4.79 Å². The Morgan fingerprint density at radius 3 is 2.31 bits per heavy atom. The Morgan fingerprint density at radius 1 is 0.923 bits per heavy atom. The number of nitrogens with zero attached hydrogens (tertiary/aromatic N) is 2. The van der Waals surface area contributed by atoms with Gasteiger partial charge in [-0.3, -0.25) is 4.79 Å². The third-order valence-electron chi connectivity index (χ3n) is 3.34. The molecule has 0 aliphatic rings. The number of aromatic nitrogens is 2. The molecular formula is C18H12F3N3OS. The highest BCUT2D eigenvalue weighted by Gasteiger charge is 2.09. The number of benzene rings is 2. The van der Waals surface area contributed by atoms with Crippen molar-refractivity contribution in [2.24, 2.45) is 0 Å². The van der Waals surface area contributed by atoms with E-state index in [0.29, 0.717) is 16.8 Å². The average molecular weight is 375 g/mol. The number of carbonyl (C=O) groups excluding carboxylic acids is 1. The molecule has 0 aliphatic carbocycles. The number of amides is 1. The van der Waals surface area contributed by atoms with Gasteiger partial charge in [-0.1, -0.05) is 11.8 Å². The van der Waals surface area contributed by atoms with E-state index in [-0.39, 0.29) is 17.3 Å². The normalized spacial score (nSPS) is 10.6. The number of nitrogens with one attached hydrogen (secondary N) is 1. The fourth-order valence-corrected chi connectivity index (χ4v) is 2.70. The summed E-state index contributed by atoms with van der Waals surface area (Å²) in [5, 5.41) is 10.9. The van der Waals surface area contributed by atoms with Gasteiger partial charge in [0.15, 0.2) is 0 Å². The molecule has 3 aromatic rings. The molecule has 4 nitrogen and oxygen atoms in total. The van der Waals surface area contributed by atoms with Crippen LogP contribution < -0.4 is 5.32 Å². The van der Waals surface area contributed by atoms with Crippen LogP contribution in [0.25, 0.3) is 11.3 Å². The molecule has 1 N–H and O–H groups in total. The fraction of sp³-hybridized carbons (Fsp3) is 0.0556. The largest absolute Gasteiger partial charge is 0.323 e. The van der Waals surface area contributed by atoms with E-state index >= 15 is 0 Å². The van der Waals surface area contributed by atoms with Crippen LogP contribution in [0, 0.1) is 17.5 Å². The second-order valence-electron chi connectivity index (χ2n) is 5.22. The molecule has 8 heteroatoms. The number of anilines is 1. The van der Waals surface area contributed by atoms with Gasteiger partial charge in [-0.05, 0) is 48.5 Å². The van der Waals surface area contributed by atoms with E-state index in [4.69, 9.17) is 0 Å². The average Bonchev–Trinajstić information content (AvgIpc) is 2.63. The molecule has 2 aromatic carbocycles. The van der Waals surface area contributed by atoms with Gasteiger partial charge < -0.3 is 5.32 Å². The number of hydrogen-bond donors (Lipinski definition) is 1. The van der Waals surface area contributed by atoms with Crippen LogP contribution in [0.1, 0.15) is 0 Å². The summed E-state index contributed by atoms with van der Waals surface area (Å²) >= 11 is 1.12. The van der Waals surface area contributed by atoms with Gasteiger partial charge in [0.25, 0.3) is 0 Å². The van der Waals surface area contributed by atoms with Gasteiger partial charge in [-0.15, -0.1) is 10.2 Å². The molecule has 0 fully saturated rings. The first-order chi connectivity index (χ1) is 12.5. The first-order valence-corrected chi connectivity index (χ1v) is 8.47. The van der Waals surface area contributed by atoms with Crippen LogP contribution >= 0.6 is 11.8 Å². The first kappa shape index (κ1) is 17.9. The summed E-state index contributed by atoms with van der Waals surface area (Å²) in [6, 6.07) is 12.2. The lowest BCUT2D eigenvalue weighted by Crippen LogP contribution is -2.15. The minimum Gasteiger partial charge on any atom is -0.323 e. The third kappa shape index (κ3) is 4.60. The lowest BCUT2D eigenvalue weighted by atomic mass is 10.1. The summed E-state index contributed by atoms with van der Waals surface area (Å²) < 4.78 is 39.3. The highest BCUT2D eigenvalue weighted by molar-refractivity contribution is 7.99. The smallest absolute Gasteiger partial charge is 0.234 e. The van der Waals surface area contributed by atoms with E-state index in [0.717, 1.165) is 29.5 Å². The van der Waals surface area contributed by atoms with Gasteiger partial charge in [-0.25, -0.2) is 13.2 Å². The molecule has 1 aromatic heterocycles. The topological polar surface area (TPSA) is 54.9 Å². The molecule has 0 spiro atoms. The Hall–Kier alpha value is -2.87. The van der Waals surface area contributed by atoms with Crippen molar-refractivity contribution < 1.29 is 18.0 Å². The fourth-order valence-electron chi connectivity index (χ4n) is 2.09. The van der Waals surface area contributed by atoms with E-state index in [1.165, 1.54) is 12.1 Å². The Bertz CT molecular complexity index is 918. The highest BCUT2D eigenvalue weighted by Crippen LogP contribution is 2.21. The zero-order chi connectivity index (χ0) is 18.5. The molecule has 26 heavy (non-hydrogen) atoms. The number of carbonyl (C=O) groups is 1. The Kier molecular flexibility index (Phi) is 5.52. The lowest BCUT2D eigenvalue weighted by Gasteiger charge is -2.06. The van der Waals surface area contributed by atoms with E-state index in [9.17, 15) is 18.0 Å². The number of hydrogen-bond acceptors (Lipinski definition) is 4. The summed E-state index contributed by atoms with van der Waals surface area (Å²) in [6.45, 7) is 0. The molecule has 1 amide bonds. The molecule has 0 unspecified atom stereocenters. The molecule has 0 bridgehead atoms. The van der Waals surface area contributed by atoms with Crippen LogP contribution in [0.2, 0.25) is 0 Å². The van der Waals surface area contributed by atoms with Crippen LogP contribution in [0.5, 0.6) is 0 Å². The molecular weight excluding hydrogens is 363 g/mol. The minimum atomic E-state index is -0.841. The minimum absolute atomic E-state index is 0.0125. The summed E-state index contributed by atoms with van der Waals surface area (Å²) in [5.41, 5.74) is 1.21. The van der Waals surface area contributed by atoms with Crippen molar-refractivity contribution in [3.05, 3.63) is 72.0 Å². The summed E-state index contributed by atoms with van der Waals surface area (Å²) in [6.07, 6.45) is 0. The Labute approximate surface area is 151 Å². The van der Waals surface area contributed by atoms with Crippen molar-refractivity contribution in [1.29, 1.82) is 0 Å². The van der Waals surface area contributed by atoms with Crippen molar-refractivity contribution in [1.82, 2.24) is 10.2 Å². The maximum atomic E-state index is 13.5. The Balaban J connectivity index is 1.57. The maximum Gasteiger partial charge on any atom is 0.234 e. The van der Waals surface area contributed by atoms with Crippen LogP contribution in [-0.4, -0.2) is 21.9 Å². The second kappa shape index (κ2) is 8.01. The zero-order valence-corrected chi connectivity index (χ0v) is 14.1. The van der Waals surface area contributed by atoms with Gasteiger partial charge in [-0.2, -0.15) is 0 Å². The van der Waals surface area contributed by atoms with Crippen molar-refractivity contribution in [2.45, 2.75) is 5.03 Å². The van der Waals surface area contributed by atoms with Crippen molar-refractivity contribution in [2.75, 3.05) is 11.1 Å². The van der Waals surface area contributed by atoms with Crippen molar-refractivity contribution >= 4 is 23.4 Å². The van der Waals surface area contributed by atoms with Crippen LogP contribution in [0.15, 0.2) is 59.6 Å². The summed E-state index contributed by atoms with van der Waals surface area (Å²) in [7, 11) is 0. The van der Waals surface area contributed by atoms with E-state index in [2.05, 4.69) is 15.5 Å². The van der Waals surface area contributed by atoms with Gasteiger partial charge >= 0.3 is 0 Å². The van der Waals surface area contributed by atoms with E-state index in [1.54, 1.807) is 24.3 Å². The zero-order valence-electron chi connectivity index (χ0n) is 13.2. The van der Waals surface area contributed by atoms with Crippen molar-refractivity contribution in [3.8, 4) is 11.3 Å². The van der Waals surface area contributed by atoms with Crippen LogP contribution in [0.3, 0.4) is 0 Å². The number of halogens is 3. The summed E-state index contributed by atoms with van der Waals surface area (Å²) in [5.74, 6) is -2.36. The maximum absolute atomic E-state index is 13.5. The Morgan fingerprint density at radius 2 is 1.65 bits per heavy atom. The van der Waals surface area contributed by atoms with Gasteiger partial charge in [0.05, 0.1) is 17.1 Å². The first-order valence-electron chi connectivity index (χ1n) is 7.48. The standard InChI is InChI=1S/C18H12F3N3OS/c19-12-3-1-11(2-4-12)15-7-8-18(24-23-15)26-10-17(25)22-16-6-5-13(20)9-14(16)21/h1-9H,10H2,(H,22,25). The molecule has 0 saturated carbocycles. The van der Waals surface area contributed by atoms with E-state index in [1.807, 2.05) is 0 Å². The SMILES string of the molecule is O=C(CSc1ccc(-c2ccc(F)cc2)nn1)Nc1ccc(F)cc1F. The predicted octanol–water partition coefficient (Wildman–Crippen LogP) is 4.29. The van der Waals surface area contributed by atoms with Gasteiger partial charge in [0, 0.05) is 11.6 Å². The van der Waals surface area contributed by atoms with Gasteiger partial charge in [0.2, 0.25) is 5.91 Å². The molecule has 0 saturated heterocycles. The molecule has 132 valence electrons. The monoisotopic (exact) mass is 375 g/mol. The highest BCUT2D eigenvalue weighted by atomic mass is 32.2. The molecule has 0 atom stereocenters. The second-order valence-corrected chi connectivity index (χ2v) is 6.22. The third-order valence-corrected chi connectivity index (χ3v) is 4.26.